The van der Waals surface area contributed by atoms with Gasteiger partial charge < -0.3 is 15.8 Å². The van der Waals surface area contributed by atoms with Crippen molar-refractivity contribution in [1.29, 1.82) is 0 Å². The maximum Gasteiger partial charge on any atom is 0.251 e. The first-order valence-corrected chi connectivity index (χ1v) is 5.76. The summed E-state index contributed by atoms with van der Waals surface area (Å²) in [5, 5.41) is 2.92. The Morgan fingerprint density at radius 2 is 2.00 bits per heavy atom. The first-order chi connectivity index (χ1) is 8.17. The van der Waals surface area contributed by atoms with Crippen LogP contribution in [0.5, 0.6) is 0 Å². The molecule has 1 aromatic carbocycles. The van der Waals surface area contributed by atoms with E-state index >= 15 is 0 Å². The lowest BCUT2D eigenvalue weighted by Crippen LogP contribution is -2.33. The van der Waals surface area contributed by atoms with E-state index in [0.717, 1.165) is 12.0 Å². The summed E-state index contributed by atoms with van der Waals surface area (Å²) in [5.41, 5.74) is 7.18. The third-order valence-electron chi connectivity index (χ3n) is 2.58. The summed E-state index contributed by atoms with van der Waals surface area (Å²) < 4.78 is 4.96. The number of carbonyl (C=O) groups excluding carboxylic acids is 1. The molecule has 5 heteroatoms. The Morgan fingerprint density at radius 3 is 2.50 bits per heavy atom. The van der Waals surface area contributed by atoms with Crippen molar-refractivity contribution in [2.45, 2.75) is 25.9 Å². The van der Waals surface area contributed by atoms with Crippen LogP contribution in [0.1, 0.15) is 29.3 Å². The van der Waals surface area contributed by atoms with Gasteiger partial charge in [-0.25, -0.2) is 0 Å². The summed E-state index contributed by atoms with van der Waals surface area (Å²) in [6.45, 7) is 3.10. The zero-order chi connectivity index (χ0) is 12.7. The van der Waals surface area contributed by atoms with Crippen LogP contribution >= 0.6 is 12.4 Å². The van der Waals surface area contributed by atoms with Crippen LogP contribution in [0.4, 0.5) is 0 Å². The molecule has 1 amide bonds. The van der Waals surface area contributed by atoms with Crippen molar-refractivity contribution in [1.82, 2.24) is 5.32 Å². The Morgan fingerprint density at radius 1 is 1.39 bits per heavy atom. The molecule has 0 heterocycles. The minimum atomic E-state index is -0.0582. The summed E-state index contributed by atoms with van der Waals surface area (Å²) in [7, 11) is 1.65. The first-order valence-electron chi connectivity index (χ1n) is 5.76. The van der Waals surface area contributed by atoms with Crippen LogP contribution < -0.4 is 11.1 Å². The molecule has 1 atom stereocenters. The van der Waals surface area contributed by atoms with E-state index in [0.29, 0.717) is 18.7 Å². The summed E-state index contributed by atoms with van der Waals surface area (Å²) in [5.74, 6) is -0.0582. The van der Waals surface area contributed by atoms with E-state index in [-0.39, 0.29) is 24.4 Å². The SMILES string of the molecule is COCCC(C)NC(=O)c1ccc(CN)cc1.Cl. The smallest absolute Gasteiger partial charge is 0.251 e. The first kappa shape index (κ1) is 16.9. The second-order valence-corrected chi connectivity index (χ2v) is 4.06. The molecule has 0 fully saturated rings. The van der Waals surface area contributed by atoms with E-state index in [4.69, 9.17) is 10.5 Å². The predicted molar refractivity (Wildman–Crippen MR) is 75.0 cm³/mol. The van der Waals surface area contributed by atoms with Gasteiger partial charge in [-0.1, -0.05) is 12.1 Å². The molecule has 102 valence electrons. The van der Waals surface area contributed by atoms with Gasteiger partial charge in [-0.05, 0) is 31.0 Å². The number of rotatable bonds is 6. The Labute approximate surface area is 114 Å². The second-order valence-electron chi connectivity index (χ2n) is 4.06. The summed E-state index contributed by atoms with van der Waals surface area (Å²) in [6.07, 6.45) is 0.809. The Balaban J connectivity index is 0.00000289. The maximum absolute atomic E-state index is 11.8. The van der Waals surface area contributed by atoms with Crippen LogP contribution in [0.15, 0.2) is 24.3 Å². The Hall–Kier alpha value is -1.10. The van der Waals surface area contributed by atoms with Gasteiger partial charge in [0.2, 0.25) is 0 Å². The van der Waals surface area contributed by atoms with Gasteiger partial charge in [-0.3, -0.25) is 4.79 Å². The molecule has 0 aliphatic carbocycles. The lowest BCUT2D eigenvalue weighted by atomic mass is 10.1. The number of hydrogen-bond acceptors (Lipinski definition) is 3. The van der Waals surface area contributed by atoms with Gasteiger partial charge in [0, 0.05) is 31.9 Å². The molecule has 0 aliphatic heterocycles. The van der Waals surface area contributed by atoms with Crippen LogP contribution in [0.3, 0.4) is 0 Å². The van der Waals surface area contributed by atoms with E-state index in [2.05, 4.69) is 5.32 Å². The molecule has 1 rings (SSSR count). The van der Waals surface area contributed by atoms with Crippen LogP contribution in [-0.2, 0) is 11.3 Å². The molecule has 4 nitrogen and oxygen atoms in total. The zero-order valence-electron chi connectivity index (χ0n) is 10.8. The van der Waals surface area contributed by atoms with Gasteiger partial charge >= 0.3 is 0 Å². The summed E-state index contributed by atoms with van der Waals surface area (Å²) >= 11 is 0. The largest absolute Gasteiger partial charge is 0.385 e. The van der Waals surface area contributed by atoms with E-state index in [1.165, 1.54) is 0 Å². The standard InChI is InChI=1S/C13H20N2O2.ClH/c1-10(7-8-17-2)15-13(16)12-5-3-11(9-14)4-6-12;/h3-6,10H,7-9,14H2,1-2H3,(H,15,16);1H. The third kappa shape index (κ3) is 5.49. The van der Waals surface area contributed by atoms with E-state index in [9.17, 15) is 4.79 Å². The molecular weight excluding hydrogens is 252 g/mol. The molecule has 18 heavy (non-hydrogen) atoms. The average molecular weight is 273 g/mol. The minimum Gasteiger partial charge on any atom is -0.385 e. The highest BCUT2D eigenvalue weighted by atomic mass is 35.5. The Bertz CT molecular complexity index is 355. The van der Waals surface area contributed by atoms with Crippen molar-refractivity contribution in [2.24, 2.45) is 5.73 Å². The third-order valence-corrected chi connectivity index (χ3v) is 2.58. The number of ether oxygens (including phenoxy) is 1. The highest BCUT2D eigenvalue weighted by molar-refractivity contribution is 5.94. The van der Waals surface area contributed by atoms with Gasteiger partial charge in [0.15, 0.2) is 0 Å². The van der Waals surface area contributed by atoms with E-state index in [1.54, 1.807) is 19.2 Å². The van der Waals surface area contributed by atoms with Crippen LogP contribution in [0, 0.1) is 0 Å². The molecule has 0 bridgehead atoms. The fourth-order valence-electron chi connectivity index (χ4n) is 1.47. The molecule has 0 aliphatic rings. The molecule has 0 aromatic heterocycles. The van der Waals surface area contributed by atoms with Gasteiger partial charge in [0.25, 0.3) is 5.91 Å². The molecule has 1 aromatic rings. The number of halogens is 1. The van der Waals surface area contributed by atoms with E-state index < -0.39 is 0 Å². The second kappa shape index (κ2) is 8.91. The fraction of sp³-hybridized carbons (Fsp3) is 0.462. The van der Waals surface area contributed by atoms with Gasteiger partial charge in [-0.15, -0.1) is 12.4 Å². The monoisotopic (exact) mass is 272 g/mol. The van der Waals surface area contributed by atoms with Crippen molar-refractivity contribution in [3.8, 4) is 0 Å². The summed E-state index contributed by atoms with van der Waals surface area (Å²) in [6, 6.07) is 7.43. The van der Waals surface area contributed by atoms with Crippen LogP contribution in [0.2, 0.25) is 0 Å². The van der Waals surface area contributed by atoms with Crippen molar-refractivity contribution in [3.63, 3.8) is 0 Å². The molecular formula is C13H21ClN2O2. The number of methoxy groups -OCH3 is 1. The average Bonchev–Trinajstić information content (AvgIpc) is 2.36. The van der Waals surface area contributed by atoms with Crippen molar-refractivity contribution in [3.05, 3.63) is 35.4 Å². The number of benzene rings is 1. The number of hydrogen-bond donors (Lipinski definition) is 2. The van der Waals surface area contributed by atoms with Crippen molar-refractivity contribution >= 4 is 18.3 Å². The molecule has 1 unspecified atom stereocenters. The topological polar surface area (TPSA) is 64.3 Å². The predicted octanol–water partition coefficient (Wildman–Crippen LogP) is 1.72. The highest BCUT2D eigenvalue weighted by Crippen LogP contribution is 2.04. The fourth-order valence-corrected chi connectivity index (χ4v) is 1.47. The Kier molecular flexibility index (Phi) is 8.37. The van der Waals surface area contributed by atoms with E-state index in [1.807, 2.05) is 19.1 Å². The maximum atomic E-state index is 11.8. The molecule has 0 spiro atoms. The van der Waals surface area contributed by atoms with Gasteiger partial charge in [-0.2, -0.15) is 0 Å². The molecule has 3 N–H and O–H groups in total. The molecule has 0 saturated carbocycles. The van der Waals surface area contributed by atoms with Gasteiger partial charge in [0.1, 0.15) is 0 Å². The van der Waals surface area contributed by atoms with Crippen LogP contribution in [-0.4, -0.2) is 25.7 Å². The van der Waals surface area contributed by atoms with Crippen LogP contribution in [0.25, 0.3) is 0 Å². The lowest BCUT2D eigenvalue weighted by molar-refractivity contribution is 0.0929. The van der Waals surface area contributed by atoms with Crippen molar-refractivity contribution in [2.75, 3.05) is 13.7 Å². The zero-order valence-corrected chi connectivity index (χ0v) is 11.6. The number of nitrogens with two attached hydrogens (primary N) is 1. The lowest BCUT2D eigenvalue weighted by Gasteiger charge is -2.13. The van der Waals surface area contributed by atoms with Crippen molar-refractivity contribution < 1.29 is 9.53 Å². The normalized spacial score (nSPS) is 11.5. The minimum absolute atomic E-state index is 0. The highest BCUT2D eigenvalue weighted by Gasteiger charge is 2.09. The number of nitrogens with one attached hydrogen (secondary N) is 1. The number of carbonyl (C=O) groups is 1. The molecule has 0 radical (unpaired) electrons. The number of amides is 1. The van der Waals surface area contributed by atoms with Gasteiger partial charge in [0.05, 0.1) is 0 Å². The molecule has 0 saturated heterocycles. The summed E-state index contributed by atoms with van der Waals surface area (Å²) in [4.78, 5) is 11.8. The quantitative estimate of drug-likeness (QED) is 0.829.